The van der Waals surface area contributed by atoms with Crippen molar-refractivity contribution in [1.82, 2.24) is 0 Å². The quantitative estimate of drug-likeness (QED) is 0.729. The molecule has 0 aromatic heterocycles. The zero-order chi connectivity index (χ0) is 11.1. The molecule has 0 bridgehead atoms. The first-order chi connectivity index (χ1) is 7.27. The summed E-state index contributed by atoms with van der Waals surface area (Å²) in [5.74, 6) is 0. The maximum atomic E-state index is 8.66. The molecule has 15 heavy (non-hydrogen) atoms. The van der Waals surface area contributed by atoms with Crippen LogP contribution in [0.5, 0.6) is 0 Å². The molecule has 1 aromatic carbocycles. The van der Waals surface area contributed by atoms with Crippen molar-refractivity contribution >= 4 is 11.6 Å². The zero-order valence-electron chi connectivity index (χ0n) is 8.33. The van der Waals surface area contributed by atoms with E-state index in [1.807, 2.05) is 18.2 Å². The number of nitriles is 2. The van der Waals surface area contributed by atoms with Crippen LogP contribution >= 0.6 is 11.6 Å². The summed E-state index contributed by atoms with van der Waals surface area (Å²) in [5.41, 5.74) is 2.10. The molecule has 1 rings (SSSR count). The normalized spacial score (nSPS) is 9.27. The molecule has 0 aliphatic rings. The number of hydrogen-bond acceptors (Lipinski definition) is 2. The molecule has 0 unspecified atom stereocenters. The van der Waals surface area contributed by atoms with Crippen molar-refractivity contribution in [1.29, 1.82) is 10.5 Å². The maximum absolute atomic E-state index is 8.66. The summed E-state index contributed by atoms with van der Waals surface area (Å²) in [7, 11) is 0. The number of benzene rings is 1. The third-order valence-electron chi connectivity index (χ3n) is 2.17. The summed E-state index contributed by atoms with van der Waals surface area (Å²) in [6.45, 7) is 0. The summed E-state index contributed by atoms with van der Waals surface area (Å²) >= 11 is 5.85. The molecule has 0 amide bonds. The lowest BCUT2D eigenvalue weighted by Crippen LogP contribution is -1.93. The molecule has 0 spiro atoms. The van der Waals surface area contributed by atoms with E-state index in [-0.39, 0.29) is 0 Å². The summed E-state index contributed by atoms with van der Waals surface area (Å²) in [6, 6.07) is 9.81. The highest BCUT2D eigenvalue weighted by molar-refractivity contribution is 6.30. The predicted molar refractivity (Wildman–Crippen MR) is 59.3 cm³/mol. The minimum Gasteiger partial charge on any atom is -0.198 e. The van der Waals surface area contributed by atoms with E-state index in [0.717, 1.165) is 24.0 Å². The van der Waals surface area contributed by atoms with Crippen molar-refractivity contribution in [2.75, 3.05) is 0 Å². The van der Waals surface area contributed by atoms with E-state index in [1.54, 1.807) is 0 Å². The first-order valence-corrected chi connectivity index (χ1v) is 5.17. The Kier molecular flexibility index (Phi) is 4.68. The van der Waals surface area contributed by atoms with Gasteiger partial charge in [-0.2, -0.15) is 10.5 Å². The molecular formula is C12H11ClN2. The second kappa shape index (κ2) is 6.06. The van der Waals surface area contributed by atoms with E-state index in [1.165, 1.54) is 0 Å². The average molecular weight is 219 g/mol. The number of unbranched alkanes of at least 4 members (excludes halogenated alkanes) is 1. The SMILES string of the molecule is N#CCCCc1ccc(Cl)cc1CC#N. The van der Waals surface area contributed by atoms with Gasteiger partial charge < -0.3 is 0 Å². The number of rotatable bonds is 4. The summed E-state index contributed by atoms with van der Waals surface area (Å²) in [5, 5.41) is 17.8. The van der Waals surface area contributed by atoms with Gasteiger partial charge in [0.05, 0.1) is 18.6 Å². The van der Waals surface area contributed by atoms with E-state index in [9.17, 15) is 0 Å². The third-order valence-corrected chi connectivity index (χ3v) is 2.41. The first kappa shape index (κ1) is 11.6. The van der Waals surface area contributed by atoms with Crippen LogP contribution in [0.25, 0.3) is 0 Å². The smallest absolute Gasteiger partial charge is 0.0669 e. The largest absolute Gasteiger partial charge is 0.198 e. The van der Waals surface area contributed by atoms with Gasteiger partial charge in [0.2, 0.25) is 0 Å². The highest BCUT2D eigenvalue weighted by atomic mass is 35.5. The Morgan fingerprint density at radius 1 is 1.13 bits per heavy atom. The van der Waals surface area contributed by atoms with Crippen LogP contribution in [0.1, 0.15) is 24.0 Å². The molecule has 3 heteroatoms. The Bertz CT molecular complexity index is 413. The topological polar surface area (TPSA) is 47.6 Å². The predicted octanol–water partition coefficient (Wildman–Crippen LogP) is 3.25. The van der Waals surface area contributed by atoms with Crippen molar-refractivity contribution in [3.8, 4) is 12.1 Å². The van der Waals surface area contributed by atoms with Crippen LogP contribution < -0.4 is 0 Å². The Hall–Kier alpha value is -1.51. The number of halogens is 1. The highest BCUT2D eigenvalue weighted by Crippen LogP contribution is 2.18. The molecule has 0 aliphatic carbocycles. The monoisotopic (exact) mass is 218 g/mol. The number of aryl methyl sites for hydroxylation is 1. The standard InChI is InChI=1S/C12H11ClN2/c13-12-5-4-10(3-1-2-7-14)11(9-12)6-8-15/h4-5,9H,1-3,6H2. The fourth-order valence-electron chi connectivity index (χ4n) is 1.45. The molecule has 0 N–H and O–H groups in total. The average Bonchev–Trinajstić information content (AvgIpc) is 2.22. The van der Waals surface area contributed by atoms with E-state index < -0.39 is 0 Å². The van der Waals surface area contributed by atoms with Crippen LogP contribution in [-0.4, -0.2) is 0 Å². The third kappa shape index (κ3) is 3.62. The lowest BCUT2D eigenvalue weighted by atomic mass is 10.0. The van der Waals surface area contributed by atoms with E-state index in [4.69, 9.17) is 22.1 Å². The molecule has 0 saturated carbocycles. The first-order valence-electron chi connectivity index (χ1n) is 4.79. The maximum Gasteiger partial charge on any atom is 0.0669 e. The molecule has 76 valence electrons. The van der Waals surface area contributed by atoms with Gasteiger partial charge in [-0.1, -0.05) is 17.7 Å². The summed E-state index contributed by atoms with van der Waals surface area (Å²) in [4.78, 5) is 0. The van der Waals surface area contributed by atoms with Crippen molar-refractivity contribution in [2.24, 2.45) is 0 Å². The second-order valence-electron chi connectivity index (χ2n) is 3.26. The van der Waals surface area contributed by atoms with Gasteiger partial charge in [0, 0.05) is 11.4 Å². The van der Waals surface area contributed by atoms with Gasteiger partial charge in [0.25, 0.3) is 0 Å². The molecule has 0 saturated heterocycles. The van der Waals surface area contributed by atoms with Gasteiger partial charge in [-0.3, -0.25) is 0 Å². The van der Waals surface area contributed by atoms with Crippen LogP contribution in [0, 0.1) is 22.7 Å². The molecule has 0 aliphatic heterocycles. The zero-order valence-corrected chi connectivity index (χ0v) is 9.09. The van der Waals surface area contributed by atoms with Crippen LogP contribution in [-0.2, 0) is 12.8 Å². The van der Waals surface area contributed by atoms with Crippen LogP contribution in [0.4, 0.5) is 0 Å². The van der Waals surface area contributed by atoms with Crippen LogP contribution in [0.2, 0.25) is 5.02 Å². The van der Waals surface area contributed by atoms with Gasteiger partial charge in [0.1, 0.15) is 0 Å². The lowest BCUT2D eigenvalue weighted by molar-refractivity contribution is 0.842. The van der Waals surface area contributed by atoms with Gasteiger partial charge >= 0.3 is 0 Å². The van der Waals surface area contributed by atoms with Gasteiger partial charge in [-0.25, -0.2) is 0 Å². The molecule has 2 nitrogen and oxygen atoms in total. The molecule has 0 radical (unpaired) electrons. The Morgan fingerprint density at radius 2 is 1.93 bits per heavy atom. The minimum absolute atomic E-state index is 0.377. The fourth-order valence-corrected chi connectivity index (χ4v) is 1.64. The second-order valence-corrected chi connectivity index (χ2v) is 3.70. The van der Waals surface area contributed by atoms with Crippen LogP contribution in [0.15, 0.2) is 18.2 Å². The Morgan fingerprint density at radius 3 is 2.60 bits per heavy atom. The molecule has 0 fully saturated rings. The number of hydrogen-bond donors (Lipinski definition) is 0. The van der Waals surface area contributed by atoms with E-state index in [2.05, 4.69) is 12.1 Å². The molecule has 0 heterocycles. The molecule has 1 aromatic rings. The Labute approximate surface area is 94.7 Å². The van der Waals surface area contributed by atoms with Gasteiger partial charge in [-0.05, 0) is 36.1 Å². The van der Waals surface area contributed by atoms with Crippen molar-refractivity contribution in [3.05, 3.63) is 34.3 Å². The van der Waals surface area contributed by atoms with Crippen LogP contribution in [0.3, 0.4) is 0 Å². The van der Waals surface area contributed by atoms with Crippen molar-refractivity contribution in [2.45, 2.75) is 25.7 Å². The minimum atomic E-state index is 0.377. The van der Waals surface area contributed by atoms with Gasteiger partial charge in [-0.15, -0.1) is 0 Å². The molecule has 0 atom stereocenters. The lowest BCUT2D eigenvalue weighted by Gasteiger charge is -2.05. The molecular weight excluding hydrogens is 208 g/mol. The summed E-state index contributed by atoms with van der Waals surface area (Å²) < 4.78 is 0. The van der Waals surface area contributed by atoms with Crippen molar-refractivity contribution in [3.63, 3.8) is 0 Å². The van der Waals surface area contributed by atoms with E-state index >= 15 is 0 Å². The summed E-state index contributed by atoms with van der Waals surface area (Å²) in [6.07, 6.45) is 2.59. The van der Waals surface area contributed by atoms with E-state index in [0.29, 0.717) is 17.9 Å². The number of nitrogens with zero attached hydrogens (tertiary/aromatic N) is 2. The highest BCUT2D eigenvalue weighted by Gasteiger charge is 2.02. The van der Waals surface area contributed by atoms with Crippen molar-refractivity contribution < 1.29 is 0 Å². The Balaban J connectivity index is 2.78. The van der Waals surface area contributed by atoms with Gasteiger partial charge in [0.15, 0.2) is 0 Å². The fraction of sp³-hybridized carbons (Fsp3) is 0.333.